The van der Waals surface area contributed by atoms with Crippen molar-refractivity contribution in [2.45, 2.75) is 17.7 Å². The number of alkyl halides is 1. The molecule has 0 aromatic heterocycles. The SMILES string of the molecule is Fc1cc(CC2Cc3ccccc3C2Br)ccc1Cl. The van der Waals surface area contributed by atoms with E-state index in [0.29, 0.717) is 10.7 Å². The summed E-state index contributed by atoms with van der Waals surface area (Å²) in [6.07, 6.45) is 1.90. The minimum atomic E-state index is -0.333. The number of benzene rings is 2. The molecular weight excluding hydrogens is 327 g/mol. The van der Waals surface area contributed by atoms with Crippen molar-refractivity contribution in [3.63, 3.8) is 0 Å². The number of hydrogen-bond donors (Lipinski definition) is 0. The van der Waals surface area contributed by atoms with Gasteiger partial charge in [-0.1, -0.05) is 57.9 Å². The summed E-state index contributed by atoms with van der Waals surface area (Å²) >= 11 is 9.49. The van der Waals surface area contributed by atoms with Crippen molar-refractivity contribution < 1.29 is 4.39 Å². The largest absolute Gasteiger partial charge is 0.205 e. The van der Waals surface area contributed by atoms with Crippen LogP contribution in [0.15, 0.2) is 42.5 Å². The number of hydrogen-bond acceptors (Lipinski definition) is 0. The van der Waals surface area contributed by atoms with Crippen molar-refractivity contribution in [1.82, 2.24) is 0 Å². The van der Waals surface area contributed by atoms with Gasteiger partial charge in [0.2, 0.25) is 0 Å². The van der Waals surface area contributed by atoms with Gasteiger partial charge in [0.1, 0.15) is 5.82 Å². The Hall–Kier alpha value is -0.860. The molecule has 0 spiro atoms. The Bertz CT molecular complexity index is 611. The zero-order valence-corrected chi connectivity index (χ0v) is 12.6. The molecule has 0 radical (unpaired) electrons. The Morgan fingerprint density at radius 2 is 2.00 bits per heavy atom. The monoisotopic (exact) mass is 338 g/mol. The van der Waals surface area contributed by atoms with Gasteiger partial charge in [0.25, 0.3) is 0 Å². The molecule has 2 aromatic rings. The van der Waals surface area contributed by atoms with Crippen LogP contribution in [0.2, 0.25) is 5.02 Å². The molecule has 2 unspecified atom stereocenters. The lowest BCUT2D eigenvalue weighted by molar-refractivity contribution is 0.551. The molecule has 0 heterocycles. The first-order chi connectivity index (χ1) is 9.15. The molecule has 98 valence electrons. The minimum Gasteiger partial charge on any atom is -0.205 e. The molecule has 0 nitrogen and oxygen atoms in total. The van der Waals surface area contributed by atoms with Crippen LogP contribution in [0.25, 0.3) is 0 Å². The Morgan fingerprint density at radius 1 is 1.21 bits per heavy atom. The zero-order valence-electron chi connectivity index (χ0n) is 10.2. The van der Waals surface area contributed by atoms with Gasteiger partial charge in [-0.3, -0.25) is 0 Å². The van der Waals surface area contributed by atoms with E-state index >= 15 is 0 Å². The molecule has 0 amide bonds. The third-order valence-corrected chi connectivity index (χ3v) is 5.28. The lowest BCUT2D eigenvalue weighted by atomic mass is 9.96. The molecule has 1 aliphatic rings. The standard InChI is InChI=1S/C16H13BrClF/c17-16-12(9-11-3-1-2-4-13(11)16)7-10-5-6-14(18)15(19)8-10/h1-6,8,12,16H,7,9H2. The van der Waals surface area contributed by atoms with Crippen LogP contribution in [0.3, 0.4) is 0 Å². The molecule has 0 N–H and O–H groups in total. The minimum absolute atomic E-state index is 0.189. The highest BCUT2D eigenvalue weighted by Crippen LogP contribution is 2.43. The van der Waals surface area contributed by atoms with Gasteiger partial charge in [-0.15, -0.1) is 0 Å². The Morgan fingerprint density at radius 3 is 2.74 bits per heavy atom. The molecule has 0 aliphatic heterocycles. The second kappa shape index (κ2) is 5.26. The van der Waals surface area contributed by atoms with Crippen molar-refractivity contribution in [3.8, 4) is 0 Å². The third-order valence-electron chi connectivity index (χ3n) is 3.73. The fourth-order valence-corrected chi connectivity index (χ4v) is 3.71. The Kier molecular flexibility index (Phi) is 3.64. The van der Waals surface area contributed by atoms with Gasteiger partial charge >= 0.3 is 0 Å². The molecule has 0 saturated heterocycles. The predicted molar refractivity (Wildman–Crippen MR) is 80.4 cm³/mol. The van der Waals surface area contributed by atoms with Crippen LogP contribution >= 0.6 is 27.5 Å². The van der Waals surface area contributed by atoms with E-state index in [4.69, 9.17) is 11.6 Å². The van der Waals surface area contributed by atoms with Gasteiger partial charge in [0.05, 0.1) is 5.02 Å². The highest BCUT2D eigenvalue weighted by atomic mass is 79.9. The topological polar surface area (TPSA) is 0 Å². The van der Waals surface area contributed by atoms with Gasteiger partial charge in [-0.05, 0) is 47.6 Å². The van der Waals surface area contributed by atoms with Gasteiger partial charge in [0, 0.05) is 4.83 Å². The Labute approximate surface area is 125 Å². The van der Waals surface area contributed by atoms with Crippen molar-refractivity contribution in [2.75, 3.05) is 0 Å². The molecule has 3 heteroatoms. The normalized spacial score (nSPS) is 21.4. The molecular formula is C16H13BrClF. The third kappa shape index (κ3) is 2.56. The first-order valence-electron chi connectivity index (χ1n) is 6.31. The van der Waals surface area contributed by atoms with Gasteiger partial charge in [-0.25, -0.2) is 4.39 Å². The van der Waals surface area contributed by atoms with Crippen molar-refractivity contribution >= 4 is 27.5 Å². The first-order valence-corrected chi connectivity index (χ1v) is 7.60. The number of rotatable bonds is 2. The van der Waals surface area contributed by atoms with Gasteiger partial charge in [0.15, 0.2) is 0 Å². The van der Waals surface area contributed by atoms with Crippen molar-refractivity contribution in [1.29, 1.82) is 0 Å². The average molecular weight is 340 g/mol. The van der Waals surface area contributed by atoms with Crippen LogP contribution in [-0.2, 0) is 12.8 Å². The number of fused-ring (bicyclic) bond motifs is 1. The van der Waals surface area contributed by atoms with E-state index in [1.807, 2.05) is 6.07 Å². The summed E-state index contributed by atoms with van der Waals surface area (Å²) in [7, 11) is 0. The Balaban J connectivity index is 1.80. The highest BCUT2D eigenvalue weighted by molar-refractivity contribution is 9.09. The zero-order chi connectivity index (χ0) is 13.4. The van der Waals surface area contributed by atoms with Crippen molar-refractivity contribution in [3.05, 3.63) is 70.0 Å². The van der Waals surface area contributed by atoms with Crippen LogP contribution in [-0.4, -0.2) is 0 Å². The van der Waals surface area contributed by atoms with Crippen LogP contribution in [0, 0.1) is 11.7 Å². The van der Waals surface area contributed by atoms with Crippen LogP contribution in [0.4, 0.5) is 4.39 Å². The van der Waals surface area contributed by atoms with E-state index in [1.165, 1.54) is 11.1 Å². The quantitative estimate of drug-likeness (QED) is 0.649. The lowest BCUT2D eigenvalue weighted by Gasteiger charge is -2.14. The summed E-state index contributed by atoms with van der Waals surface area (Å²) in [5.41, 5.74) is 3.76. The summed E-state index contributed by atoms with van der Waals surface area (Å²) < 4.78 is 13.5. The van der Waals surface area contributed by atoms with E-state index in [-0.39, 0.29) is 10.8 Å². The lowest BCUT2D eigenvalue weighted by Crippen LogP contribution is -2.06. The second-order valence-electron chi connectivity index (χ2n) is 5.02. The molecule has 1 aliphatic carbocycles. The molecule has 0 bridgehead atoms. The van der Waals surface area contributed by atoms with E-state index < -0.39 is 0 Å². The highest BCUT2D eigenvalue weighted by Gasteiger charge is 2.30. The van der Waals surface area contributed by atoms with Crippen LogP contribution in [0.5, 0.6) is 0 Å². The summed E-state index contributed by atoms with van der Waals surface area (Å²) in [5.74, 6) is 0.138. The maximum atomic E-state index is 13.5. The summed E-state index contributed by atoms with van der Waals surface area (Å²) in [5, 5.41) is 0.189. The molecule has 2 atom stereocenters. The summed E-state index contributed by atoms with van der Waals surface area (Å²) in [6, 6.07) is 13.6. The maximum absolute atomic E-state index is 13.5. The molecule has 0 fully saturated rings. The van der Waals surface area contributed by atoms with Crippen molar-refractivity contribution in [2.24, 2.45) is 5.92 Å². The first kappa shape index (κ1) is 13.1. The maximum Gasteiger partial charge on any atom is 0.142 e. The molecule has 3 rings (SSSR count). The summed E-state index contributed by atoms with van der Waals surface area (Å²) in [4.78, 5) is 0.349. The van der Waals surface area contributed by atoms with Gasteiger partial charge in [-0.2, -0.15) is 0 Å². The van der Waals surface area contributed by atoms with E-state index in [9.17, 15) is 4.39 Å². The number of halogens is 3. The van der Waals surface area contributed by atoms with Crippen LogP contribution < -0.4 is 0 Å². The van der Waals surface area contributed by atoms with Crippen LogP contribution in [0.1, 0.15) is 21.5 Å². The smallest absolute Gasteiger partial charge is 0.142 e. The fourth-order valence-electron chi connectivity index (χ4n) is 2.77. The molecule has 19 heavy (non-hydrogen) atoms. The fraction of sp³-hybridized carbons (Fsp3) is 0.250. The van der Waals surface area contributed by atoms with E-state index in [1.54, 1.807) is 12.1 Å². The molecule has 0 saturated carbocycles. The molecule has 2 aromatic carbocycles. The van der Waals surface area contributed by atoms with Gasteiger partial charge < -0.3 is 0 Å². The second-order valence-corrected chi connectivity index (χ2v) is 6.41. The summed E-state index contributed by atoms with van der Waals surface area (Å²) in [6.45, 7) is 0. The predicted octanol–water partition coefficient (Wildman–Crippen LogP) is 5.33. The van der Waals surface area contributed by atoms with E-state index in [2.05, 4.69) is 40.2 Å². The van der Waals surface area contributed by atoms with E-state index in [0.717, 1.165) is 18.4 Å². The average Bonchev–Trinajstić information content (AvgIpc) is 2.72.